The van der Waals surface area contributed by atoms with Crippen LogP contribution in [-0.2, 0) is 0 Å². The van der Waals surface area contributed by atoms with Gasteiger partial charge in [0.25, 0.3) is 0 Å². The van der Waals surface area contributed by atoms with Crippen molar-refractivity contribution in [2.75, 3.05) is 11.9 Å². The highest BCUT2D eigenvalue weighted by Gasteiger charge is 2.10. The van der Waals surface area contributed by atoms with Crippen LogP contribution < -0.4 is 10.1 Å². The van der Waals surface area contributed by atoms with Crippen molar-refractivity contribution >= 4 is 28.6 Å². The number of nitrogens with one attached hydrogen (secondary N) is 1. The van der Waals surface area contributed by atoms with Gasteiger partial charge in [-0.25, -0.2) is 0 Å². The van der Waals surface area contributed by atoms with Crippen molar-refractivity contribution in [2.24, 2.45) is 0 Å². The van der Waals surface area contributed by atoms with Gasteiger partial charge in [-0.2, -0.15) is 0 Å². The van der Waals surface area contributed by atoms with E-state index in [4.69, 9.17) is 16.3 Å². The highest BCUT2D eigenvalue weighted by atomic mass is 35.5. The Morgan fingerprint density at radius 2 is 2.21 bits per heavy atom. The molecule has 102 valence electrons. The molecule has 0 saturated carbocycles. The third-order valence-electron chi connectivity index (χ3n) is 2.75. The molecular formula is C15H18ClNOS. The second-order valence-corrected chi connectivity index (χ2v) is 5.79. The molecule has 1 atom stereocenters. The van der Waals surface area contributed by atoms with Crippen molar-refractivity contribution in [1.29, 1.82) is 0 Å². The van der Waals surface area contributed by atoms with Crippen LogP contribution in [0, 0.1) is 0 Å². The van der Waals surface area contributed by atoms with Gasteiger partial charge in [-0.3, -0.25) is 0 Å². The molecule has 0 aliphatic heterocycles. The van der Waals surface area contributed by atoms with Crippen LogP contribution in [0.25, 0.3) is 0 Å². The Balaban J connectivity index is 2.15. The van der Waals surface area contributed by atoms with E-state index in [1.807, 2.05) is 18.2 Å². The number of anilines is 1. The van der Waals surface area contributed by atoms with Gasteiger partial charge in [-0.05, 0) is 43.0 Å². The maximum absolute atomic E-state index is 6.07. The Labute approximate surface area is 123 Å². The van der Waals surface area contributed by atoms with Gasteiger partial charge in [0.15, 0.2) is 0 Å². The smallest absolute Gasteiger partial charge is 0.142 e. The van der Waals surface area contributed by atoms with Crippen LogP contribution in [0.1, 0.15) is 31.2 Å². The Hall–Kier alpha value is -1.19. The molecule has 1 unspecified atom stereocenters. The fourth-order valence-electron chi connectivity index (χ4n) is 1.79. The predicted molar refractivity (Wildman–Crippen MR) is 83.6 cm³/mol. The fourth-order valence-corrected chi connectivity index (χ4v) is 2.70. The van der Waals surface area contributed by atoms with Crippen molar-refractivity contribution in [2.45, 2.75) is 26.3 Å². The average Bonchev–Trinajstić information content (AvgIpc) is 2.92. The van der Waals surface area contributed by atoms with Crippen LogP contribution in [0.15, 0.2) is 35.7 Å². The lowest BCUT2D eigenvalue weighted by Gasteiger charge is -2.17. The van der Waals surface area contributed by atoms with Crippen molar-refractivity contribution in [3.8, 4) is 5.75 Å². The van der Waals surface area contributed by atoms with Crippen molar-refractivity contribution in [3.05, 3.63) is 45.6 Å². The molecule has 0 spiro atoms. The molecule has 2 nitrogen and oxygen atoms in total. The number of thiophene rings is 1. The Morgan fingerprint density at radius 1 is 1.37 bits per heavy atom. The van der Waals surface area contributed by atoms with Gasteiger partial charge in [-0.1, -0.05) is 24.6 Å². The van der Waals surface area contributed by atoms with Crippen LogP contribution in [-0.4, -0.2) is 6.61 Å². The molecule has 1 N–H and O–H groups in total. The zero-order valence-electron chi connectivity index (χ0n) is 11.2. The largest absolute Gasteiger partial charge is 0.491 e. The highest BCUT2D eigenvalue weighted by molar-refractivity contribution is 7.10. The summed E-state index contributed by atoms with van der Waals surface area (Å²) in [5, 5.41) is 6.26. The van der Waals surface area contributed by atoms with Crippen molar-refractivity contribution in [1.82, 2.24) is 0 Å². The summed E-state index contributed by atoms with van der Waals surface area (Å²) >= 11 is 7.81. The van der Waals surface area contributed by atoms with Gasteiger partial charge >= 0.3 is 0 Å². The standard InChI is InChI=1S/C15H18ClNOS/c1-3-8-18-14-7-6-12(16)10-13(14)17-11(2)15-5-4-9-19-15/h4-7,9-11,17H,3,8H2,1-2H3. The van der Waals surface area contributed by atoms with Gasteiger partial charge in [0.2, 0.25) is 0 Å². The van der Waals surface area contributed by atoms with E-state index in [9.17, 15) is 0 Å². The van der Waals surface area contributed by atoms with Gasteiger partial charge < -0.3 is 10.1 Å². The lowest BCUT2D eigenvalue weighted by molar-refractivity contribution is 0.318. The number of benzene rings is 1. The number of hydrogen-bond acceptors (Lipinski definition) is 3. The molecule has 0 aliphatic rings. The maximum atomic E-state index is 6.07. The molecule has 1 aromatic carbocycles. The summed E-state index contributed by atoms with van der Waals surface area (Å²) in [7, 11) is 0. The minimum Gasteiger partial charge on any atom is -0.491 e. The lowest BCUT2D eigenvalue weighted by Crippen LogP contribution is -2.07. The van der Waals surface area contributed by atoms with E-state index in [-0.39, 0.29) is 6.04 Å². The van der Waals surface area contributed by atoms with E-state index in [0.29, 0.717) is 11.6 Å². The fraction of sp³-hybridized carbons (Fsp3) is 0.333. The summed E-state index contributed by atoms with van der Waals surface area (Å²) in [5.74, 6) is 0.856. The molecule has 0 aliphatic carbocycles. The first-order valence-electron chi connectivity index (χ1n) is 6.43. The monoisotopic (exact) mass is 295 g/mol. The summed E-state index contributed by atoms with van der Waals surface area (Å²) < 4.78 is 5.74. The molecule has 0 amide bonds. The first-order valence-corrected chi connectivity index (χ1v) is 7.68. The second kappa shape index (κ2) is 6.83. The zero-order chi connectivity index (χ0) is 13.7. The maximum Gasteiger partial charge on any atom is 0.142 e. The molecule has 0 fully saturated rings. The molecule has 0 bridgehead atoms. The van der Waals surface area contributed by atoms with Crippen LogP contribution in [0.4, 0.5) is 5.69 Å². The molecule has 2 rings (SSSR count). The van der Waals surface area contributed by atoms with Gasteiger partial charge in [0.1, 0.15) is 5.75 Å². The SMILES string of the molecule is CCCOc1ccc(Cl)cc1NC(C)c1cccs1. The first-order chi connectivity index (χ1) is 9.20. The molecule has 19 heavy (non-hydrogen) atoms. The molecule has 1 heterocycles. The zero-order valence-corrected chi connectivity index (χ0v) is 12.7. The molecule has 4 heteroatoms. The molecule has 0 saturated heterocycles. The van der Waals surface area contributed by atoms with Crippen molar-refractivity contribution in [3.63, 3.8) is 0 Å². The van der Waals surface area contributed by atoms with E-state index in [1.54, 1.807) is 11.3 Å². The molecule has 2 aromatic rings. The van der Waals surface area contributed by atoms with Crippen molar-refractivity contribution < 1.29 is 4.74 Å². The van der Waals surface area contributed by atoms with E-state index < -0.39 is 0 Å². The molecular weight excluding hydrogens is 278 g/mol. The van der Waals surface area contributed by atoms with E-state index in [2.05, 4.69) is 36.7 Å². The minimum absolute atomic E-state index is 0.238. The molecule has 0 radical (unpaired) electrons. The summed E-state index contributed by atoms with van der Waals surface area (Å²) in [6.07, 6.45) is 0.989. The van der Waals surface area contributed by atoms with Gasteiger partial charge in [0, 0.05) is 9.90 Å². The predicted octanol–water partition coefficient (Wildman–Crippen LogP) is 5.36. The Kier molecular flexibility index (Phi) is 5.11. The quantitative estimate of drug-likeness (QED) is 0.774. The summed E-state index contributed by atoms with van der Waals surface area (Å²) in [5.41, 5.74) is 0.946. The van der Waals surface area contributed by atoms with Crippen LogP contribution in [0.5, 0.6) is 5.75 Å². The number of ether oxygens (including phenoxy) is 1. The van der Waals surface area contributed by atoms with Gasteiger partial charge in [-0.15, -0.1) is 11.3 Å². The Bertz CT molecular complexity index is 513. The second-order valence-electron chi connectivity index (χ2n) is 4.37. The summed E-state index contributed by atoms with van der Waals surface area (Å²) in [6.45, 7) is 4.94. The first kappa shape index (κ1) is 14.2. The van der Waals surface area contributed by atoms with Crippen LogP contribution in [0.2, 0.25) is 5.02 Å². The van der Waals surface area contributed by atoms with E-state index in [0.717, 1.165) is 17.9 Å². The summed E-state index contributed by atoms with van der Waals surface area (Å²) in [4.78, 5) is 1.29. The molecule has 1 aromatic heterocycles. The normalized spacial score (nSPS) is 12.2. The van der Waals surface area contributed by atoms with Crippen LogP contribution in [0.3, 0.4) is 0 Å². The van der Waals surface area contributed by atoms with Gasteiger partial charge in [0.05, 0.1) is 18.3 Å². The average molecular weight is 296 g/mol. The minimum atomic E-state index is 0.238. The third-order valence-corrected chi connectivity index (χ3v) is 4.04. The van der Waals surface area contributed by atoms with E-state index >= 15 is 0 Å². The summed E-state index contributed by atoms with van der Waals surface area (Å²) in [6, 6.07) is 10.1. The Morgan fingerprint density at radius 3 is 2.89 bits per heavy atom. The number of hydrogen-bond donors (Lipinski definition) is 1. The van der Waals surface area contributed by atoms with E-state index in [1.165, 1.54) is 4.88 Å². The topological polar surface area (TPSA) is 21.3 Å². The van der Waals surface area contributed by atoms with Crippen LogP contribution >= 0.6 is 22.9 Å². The highest BCUT2D eigenvalue weighted by Crippen LogP contribution is 2.32. The third kappa shape index (κ3) is 3.88. The number of rotatable bonds is 6. The number of halogens is 1. The lowest BCUT2D eigenvalue weighted by atomic mass is 10.2.